The summed E-state index contributed by atoms with van der Waals surface area (Å²) in [5.41, 5.74) is 4.75. The Kier molecular flexibility index (Phi) is 6.29. The summed E-state index contributed by atoms with van der Waals surface area (Å²) in [5.74, 6) is -1.08. The van der Waals surface area contributed by atoms with Crippen molar-refractivity contribution in [3.8, 4) is 0 Å². The Hall–Kier alpha value is -3.13. The van der Waals surface area contributed by atoms with Gasteiger partial charge in [-0.15, -0.1) is 0 Å². The Morgan fingerprint density at radius 1 is 1.24 bits per heavy atom. The summed E-state index contributed by atoms with van der Waals surface area (Å²) in [6.07, 6.45) is 2.75. The van der Waals surface area contributed by atoms with Gasteiger partial charge in [-0.3, -0.25) is 19.3 Å². The molecule has 0 aromatic heterocycles. The van der Waals surface area contributed by atoms with E-state index in [1.54, 1.807) is 6.08 Å². The van der Waals surface area contributed by atoms with Crippen LogP contribution in [0.2, 0.25) is 0 Å². The lowest BCUT2D eigenvalue weighted by atomic mass is 9.79. The average Bonchev–Trinajstić information content (AvgIpc) is 3.02. The molecule has 34 heavy (non-hydrogen) atoms. The first-order valence-electron chi connectivity index (χ1n) is 11.2. The smallest absolute Gasteiger partial charge is 0.294 e. The molecule has 0 radical (unpaired) electrons. The minimum atomic E-state index is -0.528. The maximum atomic E-state index is 13.1. The van der Waals surface area contributed by atoms with E-state index in [1.165, 1.54) is 35.5 Å². The Morgan fingerprint density at radius 3 is 2.59 bits per heavy atom. The van der Waals surface area contributed by atoms with Gasteiger partial charge in [-0.25, -0.2) is 4.39 Å². The lowest BCUT2D eigenvalue weighted by Crippen LogP contribution is -2.45. The summed E-state index contributed by atoms with van der Waals surface area (Å²) in [4.78, 5) is 41.3. The molecule has 0 spiro atoms. The molecule has 2 aliphatic rings. The number of benzene rings is 2. The standard InChI is InChI=1S/C26H28FN3O3S/c1-15-10-21-20(16(2)13-26(3,4)29(21)5)11-17(15)12-22-24(32)30(25(33)34-22)14-23(31)28-19-8-6-18(27)7-9-19/h6-12,16H,13-14H2,1-5H3,(H,28,31)/b22-12-/t16-/m0/s1. The van der Waals surface area contributed by atoms with Gasteiger partial charge in [0.05, 0.1) is 4.91 Å². The van der Waals surface area contributed by atoms with Gasteiger partial charge in [0, 0.05) is 24.0 Å². The summed E-state index contributed by atoms with van der Waals surface area (Å²) >= 11 is 0.833. The number of thioether (sulfide) groups is 1. The lowest BCUT2D eigenvalue weighted by Gasteiger charge is -2.45. The second-order valence-corrected chi connectivity index (χ2v) is 10.6. The van der Waals surface area contributed by atoms with Gasteiger partial charge in [0.2, 0.25) is 5.91 Å². The Balaban J connectivity index is 1.54. The molecule has 0 bridgehead atoms. The molecule has 1 saturated heterocycles. The van der Waals surface area contributed by atoms with Crippen LogP contribution in [0, 0.1) is 12.7 Å². The maximum absolute atomic E-state index is 13.1. The molecule has 1 atom stereocenters. The monoisotopic (exact) mass is 481 g/mol. The second kappa shape index (κ2) is 8.91. The van der Waals surface area contributed by atoms with Crippen molar-refractivity contribution in [1.29, 1.82) is 0 Å². The number of amides is 3. The summed E-state index contributed by atoms with van der Waals surface area (Å²) in [6.45, 7) is 8.27. The van der Waals surface area contributed by atoms with Crippen molar-refractivity contribution < 1.29 is 18.8 Å². The number of fused-ring (bicyclic) bond motifs is 1. The summed E-state index contributed by atoms with van der Waals surface area (Å²) < 4.78 is 13.1. The number of halogens is 1. The molecule has 1 N–H and O–H groups in total. The largest absolute Gasteiger partial charge is 0.369 e. The molecular formula is C26H28FN3O3S. The third kappa shape index (κ3) is 4.59. The number of carbonyl (C=O) groups is 3. The van der Waals surface area contributed by atoms with Crippen LogP contribution in [-0.2, 0) is 9.59 Å². The highest BCUT2D eigenvalue weighted by Gasteiger charge is 2.37. The molecule has 0 saturated carbocycles. The fourth-order valence-electron chi connectivity index (χ4n) is 4.54. The van der Waals surface area contributed by atoms with Gasteiger partial charge in [0.25, 0.3) is 11.1 Å². The van der Waals surface area contributed by atoms with E-state index in [9.17, 15) is 18.8 Å². The molecule has 2 heterocycles. The van der Waals surface area contributed by atoms with E-state index in [0.29, 0.717) is 16.5 Å². The zero-order valence-corrected chi connectivity index (χ0v) is 20.8. The number of rotatable bonds is 4. The van der Waals surface area contributed by atoms with Crippen molar-refractivity contribution in [3.05, 3.63) is 63.8 Å². The zero-order valence-electron chi connectivity index (χ0n) is 19.9. The summed E-state index contributed by atoms with van der Waals surface area (Å²) in [5, 5.41) is 2.09. The Bertz CT molecular complexity index is 1210. The molecule has 2 aliphatic heterocycles. The fourth-order valence-corrected chi connectivity index (χ4v) is 5.37. The molecule has 6 nitrogen and oxygen atoms in total. The van der Waals surface area contributed by atoms with E-state index in [1.807, 2.05) is 6.92 Å². The number of hydrogen-bond donors (Lipinski definition) is 1. The first kappa shape index (κ1) is 24.0. The number of nitrogens with zero attached hydrogens (tertiary/aromatic N) is 2. The van der Waals surface area contributed by atoms with Crippen LogP contribution in [0.5, 0.6) is 0 Å². The maximum Gasteiger partial charge on any atom is 0.294 e. The quantitative estimate of drug-likeness (QED) is 0.582. The fraction of sp³-hybridized carbons (Fsp3) is 0.346. The van der Waals surface area contributed by atoms with Gasteiger partial charge in [0.1, 0.15) is 12.4 Å². The van der Waals surface area contributed by atoms with Gasteiger partial charge in [-0.1, -0.05) is 6.92 Å². The van der Waals surface area contributed by atoms with E-state index >= 15 is 0 Å². The molecule has 0 unspecified atom stereocenters. The van der Waals surface area contributed by atoms with Gasteiger partial charge >= 0.3 is 0 Å². The van der Waals surface area contributed by atoms with Crippen LogP contribution in [-0.4, -0.2) is 41.1 Å². The van der Waals surface area contributed by atoms with Gasteiger partial charge < -0.3 is 10.2 Å². The SMILES string of the molecule is Cc1cc2c(cc1/C=C1\SC(=O)N(CC(=O)Nc3ccc(F)cc3)C1=O)[C@@H](C)CC(C)(C)N2C. The summed E-state index contributed by atoms with van der Waals surface area (Å²) in [6, 6.07) is 9.52. The van der Waals surface area contributed by atoms with Crippen LogP contribution in [0.1, 0.15) is 49.8 Å². The molecule has 0 aliphatic carbocycles. The third-order valence-corrected chi connectivity index (χ3v) is 7.52. The topological polar surface area (TPSA) is 69.7 Å². The average molecular weight is 482 g/mol. The van der Waals surface area contributed by atoms with Crippen LogP contribution in [0.4, 0.5) is 20.6 Å². The van der Waals surface area contributed by atoms with E-state index in [4.69, 9.17) is 0 Å². The molecule has 2 aromatic rings. The molecule has 2 aromatic carbocycles. The highest BCUT2D eigenvalue weighted by molar-refractivity contribution is 8.18. The highest BCUT2D eigenvalue weighted by atomic mass is 32.2. The van der Waals surface area contributed by atoms with Crippen molar-refractivity contribution in [2.45, 2.75) is 45.6 Å². The molecule has 8 heteroatoms. The van der Waals surface area contributed by atoms with E-state index < -0.39 is 29.4 Å². The molecular weight excluding hydrogens is 453 g/mol. The minimum Gasteiger partial charge on any atom is -0.369 e. The molecule has 1 fully saturated rings. The predicted molar refractivity (Wildman–Crippen MR) is 134 cm³/mol. The second-order valence-electron chi connectivity index (χ2n) is 9.57. The van der Waals surface area contributed by atoms with Crippen LogP contribution >= 0.6 is 11.8 Å². The number of anilines is 2. The van der Waals surface area contributed by atoms with E-state index in [-0.39, 0.29) is 5.54 Å². The molecule has 178 valence electrons. The number of aryl methyl sites for hydroxylation is 1. The van der Waals surface area contributed by atoms with Crippen LogP contribution < -0.4 is 10.2 Å². The van der Waals surface area contributed by atoms with E-state index in [2.05, 4.69) is 50.2 Å². The normalized spacial score (nSPS) is 20.6. The third-order valence-electron chi connectivity index (χ3n) is 6.61. The highest BCUT2D eigenvalue weighted by Crippen LogP contribution is 2.44. The molecule has 4 rings (SSSR count). The first-order valence-corrected chi connectivity index (χ1v) is 12.0. The number of nitrogens with one attached hydrogen (secondary N) is 1. The summed E-state index contributed by atoms with van der Waals surface area (Å²) in [7, 11) is 2.10. The van der Waals surface area contributed by atoms with Crippen molar-refractivity contribution in [2.24, 2.45) is 0 Å². The zero-order chi connectivity index (χ0) is 24.8. The minimum absolute atomic E-state index is 0.0531. The number of imide groups is 1. The predicted octanol–water partition coefficient (Wildman–Crippen LogP) is 5.53. The van der Waals surface area contributed by atoms with Crippen LogP contribution in [0.15, 0.2) is 41.3 Å². The Labute approximate surface area is 203 Å². The van der Waals surface area contributed by atoms with Crippen molar-refractivity contribution in [2.75, 3.05) is 23.8 Å². The van der Waals surface area contributed by atoms with E-state index in [0.717, 1.165) is 34.2 Å². The van der Waals surface area contributed by atoms with Crippen LogP contribution in [0.3, 0.4) is 0 Å². The number of hydrogen-bond acceptors (Lipinski definition) is 5. The van der Waals surface area contributed by atoms with Crippen molar-refractivity contribution >= 4 is 46.3 Å². The van der Waals surface area contributed by atoms with Crippen molar-refractivity contribution in [3.63, 3.8) is 0 Å². The Morgan fingerprint density at radius 2 is 1.91 bits per heavy atom. The molecule has 3 amide bonds. The van der Waals surface area contributed by atoms with Crippen molar-refractivity contribution in [1.82, 2.24) is 4.90 Å². The lowest BCUT2D eigenvalue weighted by molar-refractivity contribution is -0.127. The first-order chi connectivity index (χ1) is 16.0. The van der Waals surface area contributed by atoms with Gasteiger partial charge in [-0.05, 0) is 104 Å². The van der Waals surface area contributed by atoms with Gasteiger partial charge in [0.15, 0.2) is 0 Å². The number of carbonyl (C=O) groups excluding carboxylic acids is 3. The van der Waals surface area contributed by atoms with Crippen LogP contribution in [0.25, 0.3) is 6.08 Å². The van der Waals surface area contributed by atoms with Gasteiger partial charge in [-0.2, -0.15) is 0 Å².